The highest BCUT2D eigenvalue weighted by molar-refractivity contribution is 5.69. The molecule has 0 bridgehead atoms. The molecular formula is C18H27NO6. The second-order valence-corrected chi connectivity index (χ2v) is 7.05. The summed E-state index contributed by atoms with van der Waals surface area (Å²) in [6.07, 6.45) is -0.614. The molecule has 1 atom stereocenters. The molecule has 25 heavy (non-hydrogen) atoms. The fraction of sp³-hybridized carbons (Fsp3) is 0.556. The highest BCUT2D eigenvalue weighted by Gasteiger charge is 2.30. The zero-order valence-electron chi connectivity index (χ0n) is 15.2. The minimum atomic E-state index is -1.08. The van der Waals surface area contributed by atoms with Crippen molar-refractivity contribution in [3.05, 3.63) is 35.9 Å². The van der Waals surface area contributed by atoms with E-state index in [1.54, 1.807) is 27.7 Å². The third-order valence-electron chi connectivity index (χ3n) is 2.98. The summed E-state index contributed by atoms with van der Waals surface area (Å²) in [4.78, 5) is 22.7. The molecule has 7 nitrogen and oxygen atoms in total. The molecule has 0 saturated heterocycles. The Morgan fingerprint density at radius 1 is 1.04 bits per heavy atom. The Balaban J connectivity index is 2.62. The molecule has 1 rings (SSSR count). The lowest BCUT2D eigenvalue weighted by Gasteiger charge is -2.31. The summed E-state index contributed by atoms with van der Waals surface area (Å²) in [6.45, 7) is 7.03. The van der Waals surface area contributed by atoms with Crippen molar-refractivity contribution < 1.29 is 28.9 Å². The number of carbonyl (C=O) groups excluding carboxylic acids is 1. The fourth-order valence-corrected chi connectivity index (χ4v) is 2.00. The van der Waals surface area contributed by atoms with Crippen LogP contribution in [0.4, 0.5) is 4.79 Å². The molecule has 0 radical (unpaired) electrons. The van der Waals surface area contributed by atoms with E-state index in [9.17, 15) is 9.59 Å². The lowest BCUT2D eigenvalue weighted by molar-refractivity contribution is -0.143. The number of rotatable bonds is 9. The van der Waals surface area contributed by atoms with E-state index in [-0.39, 0.29) is 13.2 Å². The SMILES string of the molecule is CC(C)(C)OC(=O)N[C@@](C)(COCC(=O)O)COCc1ccccc1. The van der Waals surface area contributed by atoms with Crippen molar-refractivity contribution in [1.82, 2.24) is 5.32 Å². The highest BCUT2D eigenvalue weighted by atomic mass is 16.6. The average Bonchev–Trinajstić information content (AvgIpc) is 2.45. The van der Waals surface area contributed by atoms with Gasteiger partial charge in [0.1, 0.15) is 12.2 Å². The van der Waals surface area contributed by atoms with Gasteiger partial charge in [0.05, 0.1) is 25.4 Å². The van der Waals surface area contributed by atoms with Crippen LogP contribution in [0.3, 0.4) is 0 Å². The largest absolute Gasteiger partial charge is 0.480 e. The summed E-state index contributed by atoms with van der Waals surface area (Å²) in [6, 6.07) is 9.59. The van der Waals surface area contributed by atoms with Crippen LogP contribution in [0, 0.1) is 0 Å². The number of hydrogen-bond donors (Lipinski definition) is 2. The number of carboxylic acids is 1. The molecule has 7 heteroatoms. The quantitative estimate of drug-likeness (QED) is 0.709. The van der Waals surface area contributed by atoms with E-state index in [1.807, 2.05) is 30.3 Å². The van der Waals surface area contributed by atoms with Gasteiger partial charge in [-0.2, -0.15) is 0 Å². The molecule has 0 unspecified atom stereocenters. The Labute approximate surface area is 148 Å². The number of carbonyl (C=O) groups is 2. The van der Waals surface area contributed by atoms with Gasteiger partial charge in [-0.05, 0) is 33.3 Å². The second kappa shape index (κ2) is 9.39. The van der Waals surface area contributed by atoms with Crippen LogP contribution in [0.2, 0.25) is 0 Å². The van der Waals surface area contributed by atoms with E-state index in [0.717, 1.165) is 5.56 Å². The molecule has 0 fully saturated rings. The molecule has 0 heterocycles. The summed E-state index contributed by atoms with van der Waals surface area (Å²) in [5.41, 5.74) is -0.571. The molecule has 1 aromatic rings. The van der Waals surface area contributed by atoms with Crippen molar-refractivity contribution in [1.29, 1.82) is 0 Å². The number of carboxylic acid groups (broad SMARTS) is 1. The van der Waals surface area contributed by atoms with Gasteiger partial charge in [-0.15, -0.1) is 0 Å². The monoisotopic (exact) mass is 353 g/mol. The molecule has 140 valence electrons. The van der Waals surface area contributed by atoms with E-state index < -0.39 is 29.8 Å². The van der Waals surface area contributed by atoms with Crippen molar-refractivity contribution in [2.24, 2.45) is 0 Å². The third-order valence-corrected chi connectivity index (χ3v) is 2.98. The predicted molar refractivity (Wildman–Crippen MR) is 92.3 cm³/mol. The maximum Gasteiger partial charge on any atom is 0.408 e. The summed E-state index contributed by atoms with van der Waals surface area (Å²) in [5.74, 6) is -1.08. The molecule has 0 aromatic heterocycles. The minimum Gasteiger partial charge on any atom is -0.480 e. The van der Waals surface area contributed by atoms with Gasteiger partial charge in [0.15, 0.2) is 0 Å². The van der Waals surface area contributed by atoms with Gasteiger partial charge >= 0.3 is 12.1 Å². The Morgan fingerprint density at radius 3 is 2.20 bits per heavy atom. The maximum absolute atomic E-state index is 12.0. The summed E-state index contributed by atoms with van der Waals surface area (Å²) >= 11 is 0. The lowest BCUT2D eigenvalue weighted by atomic mass is 10.1. The Kier molecular flexibility index (Phi) is 7.86. The Morgan fingerprint density at radius 2 is 1.64 bits per heavy atom. The molecule has 2 N–H and O–H groups in total. The molecule has 0 aliphatic carbocycles. The topological polar surface area (TPSA) is 94.1 Å². The van der Waals surface area contributed by atoms with Crippen molar-refractivity contribution in [3.8, 4) is 0 Å². The van der Waals surface area contributed by atoms with Crippen LogP contribution in [-0.4, -0.2) is 48.1 Å². The number of ether oxygens (including phenoxy) is 3. The predicted octanol–water partition coefficient (Wildman–Crippen LogP) is 2.59. The number of benzene rings is 1. The van der Waals surface area contributed by atoms with E-state index in [0.29, 0.717) is 6.61 Å². The highest BCUT2D eigenvalue weighted by Crippen LogP contribution is 2.12. The summed E-state index contributed by atoms with van der Waals surface area (Å²) < 4.78 is 16.1. The number of hydrogen-bond acceptors (Lipinski definition) is 5. The fourth-order valence-electron chi connectivity index (χ4n) is 2.00. The molecule has 0 spiro atoms. The number of alkyl carbamates (subject to hydrolysis) is 1. The van der Waals surface area contributed by atoms with Gasteiger partial charge in [0, 0.05) is 0 Å². The number of nitrogens with one attached hydrogen (secondary N) is 1. The van der Waals surface area contributed by atoms with E-state index in [1.165, 1.54) is 0 Å². The van der Waals surface area contributed by atoms with Crippen LogP contribution < -0.4 is 5.32 Å². The standard InChI is InChI=1S/C18H27NO6/c1-17(2,3)25-16(22)19-18(4,13-24-11-15(20)21)12-23-10-14-8-6-5-7-9-14/h5-9H,10-13H2,1-4H3,(H,19,22)(H,20,21)/t18-/m1/s1. The van der Waals surface area contributed by atoms with E-state index in [2.05, 4.69) is 5.32 Å². The minimum absolute atomic E-state index is 0.0205. The van der Waals surface area contributed by atoms with Gasteiger partial charge < -0.3 is 24.6 Å². The zero-order chi connectivity index (χ0) is 18.9. The van der Waals surface area contributed by atoms with E-state index >= 15 is 0 Å². The average molecular weight is 353 g/mol. The van der Waals surface area contributed by atoms with E-state index in [4.69, 9.17) is 19.3 Å². The first-order chi connectivity index (χ1) is 11.6. The normalized spacial score (nSPS) is 13.8. The first-order valence-corrected chi connectivity index (χ1v) is 8.02. The van der Waals surface area contributed by atoms with Crippen molar-refractivity contribution in [2.75, 3.05) is 19.8 Å². The van der Waals surface area contributed by atoms with Crippen molar-refractivity contribution in [2.45, 2.75) is 45.4 Å². The summed E-state index contributed by atoms with van der Waals surface area (Å²) in [7, 11) is 0. The Hall–Kier alpha value is -2.12. The first-order valence-electron chi connectivity index (χ1n) is 8.02. The van der Waals surface area contributed by atoms with Gasteiger partial charge in [0.2, 0.25) is 0 Å². The van der Waals surface area contributed by atoms with Gasteiger partial charge in [-0.25, -0.2) is 9.59 Å². The zero-order valence-corrected chi connectivity index (χ0v) is 15.2. The maximum atomic E-state index is 12.0. The van der Waals surface area contributed by atoms with Crippen LogP contribution in [0.15, 0.2) is 30.3 Å². The van der Waals surface area contributed by atoms with Gasteiger partial charge in [0.25, 0.3) is 0 Å². The lowest BCUT2D eigenvalue weighted by Crippen LogP contribution is -2.54. The molecule has 0 saturated carbocycles. The van der Waals surface area contributed by atoms with Crippen LogP contribution in [0.25, 0.3) is 0 Å². The molecule has 0 aliphatic heterocycles. The van der Waals surface area contributed by atoms with Crippen LogP contribution in [-0.2, 0) is 25.6 Å². The third kappa shape index (κ3) is 9.69. The van der Waals surface area contributed by atoms with Gasteiger partial charge in [-0.3, -0.25) is 0 Å². The second-order valence-electron chi connectivity index (χ2n) is 7.05. The van der Waals surface area contributed by atoms with Gasteiger partial charge in [-0.1, -0.05) is 30.3 Å². The molecular weight excluding hydrogens is 326 g/mol. The molecule has 1 aromatic carbocycles. The molecule has 0 aliphatic rings. The van der Waals surface area contributed by atoms with Crippen LogP contribution in [0.1, 0.15) is 33.3 Å². The number of amides is 1. The Bertz CT molecular complexity index is 554. The number of aliphatic carboxylic acids is 1. The van der Waals surface area contributed by atoms with Crippen molar-refractivity contribution in [3.63, 3.8) is 0 Å². The van der Waals surface area contributed by atoms with Crippen LogP contribution >= 0.6 is 0 Å². The van der Waals surface area contributed by atoms with Crippen molar-refractivity contribution >= 4 is 12.1 Å². The first kappa shape index (κ1) is 20.9. The smallest absolute Gasteiger partial charge is 0.408 e. The van der Waals surface area contributed by atoms with Crippen LogP contribution in [0.5, 0.6) is 0 Å². The summed E-state index contributed by atoms with van der Waals surface area (Å²) in [5, 5.41) is 11.4. The molecule has 1 amide bonds.